The zero-order valence-electron chi connectivity index (χ0n) is 7.33. The Balaban J connectivity index is 2.80. The summed E-state index contributed by atoms with van der Waals surface area (Å²) < 4.78 is 0. The van der Waals surface area contributed by atoms with E-state index in [-0.39, 0.29) is 6.42 Å². The van der Waals surface area contributed by atoms with Crippen LogP contribution in [0.3, 0.4) is 0 Å². The SMILES string of the molecule is N#Cc1ccc(CCC(=O)O)c(Cl)c1. The number of carboxylic acids is 1. The average molecular weight is 210 g/mol. The Bertz CT molecular complexity index is 396. The van der Waals surface area contributed by atoms with Crippen molar-refractivity contribution >= 4 is 17.6 Å². The van der Waals surface area contributed by atoms with Crippen LogP contribution in [0.2, 0.25) is 5.02 Å². The number of nitriles is 1. The molecule has 0 amide bonds. The molecule has 0 bridgehead atoms. The van der Waals surface area contributed by atoms with Gasteiger partial charge in [-0.3, -0.25) is 4.79 Å². The highest BCUT2D eigenvalue weighted by Crippen LogP contribution is 2.18. The van der Waals surface area contributed by atoms with E-state index in [1.165, 1.54) is 0 Å². The van der Waals surface area contributed by atoms with E-state index in [1.54, 1.807) is 18.2 Å². The highest BCUT2D eigenvalue weighted by atomic mass is 35.5. The molecule has 72 valence electrons. The molecule has 0 aliphatic rings. The van der Waals surface area contributed by atoms with Crippen molar-refractivity contribution in [3.8, 4) is 6.07 Å². The highest BCUT2D eigenvalue weighted by Gasteiger charge is 2.04. The molecule has 0 radical (unpaired) electrons. The molecule has 0 heterocycles. The summed E-state index contributed by atoms with van der Waals surface area (Å²) >= 11 is 5.85. The monoisotopic (exact) mass is 209 g/mol. The maximum atomic E-state index is 10.3. The summed E-state index contributed by atoms with van der Waals surface area (Å²) in [6.07, 6.45) is 0.436. The number of halogens is 1. The van der Waals surface area contributed by atoms with Crippen molar-refractivity contribution in [2.45, 2.75) is 12.8 Å². The Labute approximate surface area is 86.5 Å². The second kappa shape index (κ2) is 4.64. The van der Waals surface area contributed by atoms with E-state index in [1.807, 2.05) is 6.07 Å². The van der Waals surface area contributed by atoms with Gasteiger partial charge in [0.15, 0.2) is 0 Å². The van der Waals surface area contributed by atoms with E-state index in [0.29, 0.717) is 17.0 Å². The van der Waals surface area contributed by atoms with Crippen molar-refractivity contribution in [2.24, 2.45) is 0 Å². The summed E-state index contributed by atoms with van der Waals surface area (Å²) in [4.78, 5) is 10.3. The first kappa shape index (κ1) is 10.6. The normalized spacial score (nSPS) is 9.43. The van der Waals surface area contributed by atoms with Crippen LogP contribution in [0.25, 0.3) is 0 Å². The van der Waals surface area contributed by atoms with Gasteiger partial charge in [0, 0.05) is 11.4 Å². The molecule has 1 aromatic rings. The summed E-state index contributed by atoms with van der Waals surface area (Å²) in [5, 5.41) is 17.5. The summed E-state index contributed by atoms with van der Waals surface area (Å²) in [5.41, 5.74) is 1.24. The van der Waals surface area contributed by atoms with Gasteiger partial charge >= 0.3 is 5.97 Å². The molecule has 0 saturated carbocycles. The molecular formula is C10H8ClNO2. The minimum atomic E-state index is -0.856. The fourth-order valence-corrected chi connectivity index (χ4v) is 1.34. The van der Waals surface area contributed by atoms with Crippen molar-refractivity contribution in [2.75, 3.05) is 0 Å². The molecule has 1 aromatic carbocycles. The number of aryl methyl sites for hydroxylation is 1. The van der Waals surface area contributed by atoms with Crippen molar-refractivity contribution < 1.29 is 9.90 Å². The van der Waals surface area contributed by atoms with Gasteiger partial charge in [-0.25, -0.2) is 0 Å². The highest BCUT2D eigenvalue weighted by molar-refractivity contribution is 6.31. The Morgan fingerprint density at radius 3 is 2.79 bits per heavy atom. The van der Waals surface area contributed by atoms with Gasteiger partial charge in [0.25, 0.3) is 0 Å². The molecule has 0 saturated heterocycles. The Kier molecular flexibility index (Phi) is 3.49. The molecular weight excluding hydrogens is 202 g/mol. The molecule has 0 spiro atoms. The van der Waals surface area contributed by atoms with Crippen LogP contribution < -0.4 is 0 Å². The quantitative estimate of drug-likeness (QED) is 0.831. The van der Waals surface area contributed by atoms with Crippen LogP contribution in [0.5, 0.6) is 0 Å². The summed E-state index contributed by atoms with van der Waals surface area (Å²) in [7, 11) is 0. The minimum Gasteiger partial charge on any atom is -0.481 e. The van der Waals surface area contributed by atoms with Crippen molar-refractivity contribution in [3.05, 3.63) is 34.3 Å². The molecule has 0 fully saturated rings. The molecule has 0 unspecified atom stereocenters. The predicted octanol–water partition coefficient (Wildman–Crippen LogP) is 2.23. The number of carbonyl (C=O) groups is 1. The number of rotatable bonds is 3. The average Bonchev–Trinajstić information content (AvgIpc) is 2.15. The predicted molar refractivity (Wildman–Crippen MR) is 52.1 cm³/mol. The lowest BCUT2D eigenvalue weighted by molar-refractivity contribution is -0.136. The van der Waals surface area contributed by atoms with Crippen LogP contribution >= 0.6 is 11.6 Å². The van der Waals surface area contributed by atoms with Crippen LogP contribution in [-0.2, 0) is 11.2 Å². The van der Waals surface area contributed by atoms with Gasteiger partial charge in [0.2, 0.25) is 0 Å². The third kappa shape index (κ3) is 2.75. The van der Waals surface area contributed by atoms with Gasteiger partial charge in [-0.05, 0) is 24.1 Å². The van der Waals surface area contributed by atoms with Gasteiger partial charge in [0.1, 0.15) is 0 Å². The molecule has 4 heteroatoms. The molecule has 0 aromatic heterocycles. The molecule has 3 nitrogen and oxygen atoms in total. The van der Waals surface area contributed by atoms with E-state index in [4.69, 9.17) is 22.0 Å². The van der Waals surface area contributed by atoms with Crippen LogP contribution in [0.4, 0.5) is 0 Å². The Morgan fingerprint density at radius 2 is 2.29 bits per heavy atom. The lowest BCUT2D eigenvalue weighted by Crippen LogP contribution is -1.98. The number of hydrogen-bond donors (Lipinski definition) is 1. The zero-order chi connectivity index (χ0) is 10.6. The molecule has 0 aliphatic heterocycles. The summed E-state index contributed by atoms with van der Waals surface area (Å²) in [5.74, 6) is -0.856. The lowest BCUT2D eigenvalue weighted by atomic mass is 10.1. The van der Waals surface area contributed by atoms with Gasteiger partial charge < -0.3 is 5.11 Å². The molecule has 14 heavy (non-hydrogen) atoms. The van der Waals surface area contributed by atoms with Crippen molar-refractivity contribution in [1.29, 1.82) is 5.26 Å². The topological polar surface area (TPSA) is 61.1 Å². The maximum absolute atomic E-state index is 10.3. The van der Waals surface area contributed by atoms with Gasteiger partial charge in [-0.1, -0.05) is 17.7 Å². The van der Waals surface area contributed by atoms with Crippen LogP contribution in [0.15, 0.2) is 18.2 Å². The molecule has 0 aliphatic carbocycles. The van der Waals surface area contributed by atoms with E-state index < -0.39 is 5.97 Å². The van der Waals surface area contributed by atoms with Gasteiger partial charge in [-0.15, -0.1) is 0 Å². The third-order valence-corrected chi connectivity index (χ3v) is 2.14. The Hall–Kier alpha value is -1.53. The summed E-state index contributed by atoms with van der Waals surface area (Å²) in [6, 6.07) is 6.81. The number of carboxylic acid groups (broad SMARTS) is 1. The fourth-order valence-electron chi connectivity index (χ4n) is 1.06. The second-order valence-corrected chi connectivity index (χ2v) is 3.22. The lowest BCUT2D eigenvalue weighted by Gasteiger charge is -2.01. The maximum Gasteiger partial charge on any atom is 0.303 e. The zero-order valence-corrected chi connectivity index (χ0v) is 8.08. The van der Waals surface area contributed by atoms with E-state index >= 15 is 0 Å². The van der Waals surface area contributed by atoms with Gasteiger partial charge in [0.05, 0.1) is 11.6 Å². The number of nitrogens with zero attached hydrogens (tertiary/aromatic N) is 1. The number of hydrogen-bond acceptors (Lipinski definition) is 2. The molecule has 1 N–H and O–H groups in total. The van der Waals surface area contributed by atoms with Crippen LogP contribution in [0.1, 0.15) is 17.5 Å². The van der Waals surface area contributed by atoms with E-state index in [0.717, 1.165) is 5.56 Å². The standard InChI is InChI=1S/C10H8ClNO2/c11-9-5-7(6-12)1-2-8(9)3-4-10(13)14/h1-2,5H,3-4H2,(H,13,14). The summed E-state index contributed by atoms with van der Waals surface area (Å²) in [6.45, 7) is 0. The minimum absolute atomic E-state index is 0.0472. The fraction of sp³-hybridized carbons (Fsp3) is 0.200. The van der Waals surface area contributed by atoms with Crippen molar-refractivity contribution in [3.63, 3.8) is 0 Å². The Morgan fingerprint density at radius 1 is 1.57 bits per heavy atom. The largest absolute Gasteiger partial charge is 0.481 e. The van der Waals surface area contributed by atoms with Crippen molar-refractivity contribution in [1.82, 2.24) is 0 Å². The first-order valence-electron chi connectivity index (χ1n) is 4.04. The van der Waals surface area contributed by atoms with E-state index in [9.17, 15) is 4.79 Å². The third-order valence-electron chi connectivity index (χ3n) is 1.79. The van der Waals surface area contributed by atoms with Crippen LogP contribution in [0, 0.1) is 11.3 Å². The first-order valence-corrected chi connectivity index (χ1v) is 4.41. The molecule has 1 rings (SSSR count). The van der Waals surface area contributed by atoms with E-state index in [2.05, 4.69) is 0 Å². The molecule has 0 atom stereocenters. The first-order chi connectivity index (χ1) is 6.63. The number of aliphatic carboxylic acids is 1. The smallest absolute Gasteiger partial charge is 0.303 e. The van der Waals surface area contributed by atoms with Crippen LogP contribution in [-0.4, -0.2) is 11.1 Å². The number of benzene rings is 1. The van der Waals surface area contributed by atoms with Gasteiger partial charge in [-0.2, -0.15) is 5.26 Å². The second-order valence-electron chi connectivity index (χ2n) is 2.81.